The van der Waals surface area contributed by atoms with Gasteiger partial charge in [-0.2, -0.15) is 0 Å². The number of amides is 2. The smallest absolute Gasteiger partial charge is 0.315 e. The summed E-state index contributed by atoms with van der Waals surface area (Å²) in [6, 6.07) is 7.86. The van der Waals surface area contributed by atoms with Crippen LogP contribution in [0.5, 0.6) is 0 Å². The number of carbonyl (C=O) groups excluding carboxylic acids is 1. The van der Waals surface area contributed by atoms with Crippen molar-refractivity contribution in [1.29, 1.82) is 0 Å². The third-order valence-corrected chi connectivity index (χ3v) is 2.82. The highest BCUT2D eigenvalue weighted by Crippen LogP contribution is 2.30. The lowest BCUT2D eigenvalue weighted by atomic mass is 10.1. The third kappa shape index (κ3) is 2.32. The molecule has 2 rings (SSSR count). The van der Waals surface area contributed by atoms with E-state index in [1.807, 2.05) is 18.2 Å². The largest absolute Gasteiger partial charge is 0.336 e. The van der Waals surface area contributed by atoms with Gasteiger partial charge in [0.15, 0.2) is 0 Å². The van der Waals surface area contributed by atoms with Crippen LogP contribution >= 0.6 is 0 Å². The van der Waals surface area contributed by atoms with Gasteiger partial charge in [0.1, 0.15) is 6.67 Å². The van der Waals surface area contributed by atoms with Crippen LogP contribution in [0, 0.1) is 0 Å². The minimum Gasteiger partial charge on any atom is -0.336 e. The van der Waals surface area contributed by atoms with Crippen LogP contribution in [0.25, 0.3) is 0 Å². The number of carbonyl (C=O) groups is 1. The molecule has 0 bridgehead atoms. The average Bonchev–Trinajstić information content (AvgIpc) is 2.70. The topological polar surface area (TPSA) is 41.1 Å². The zero-order valence-electron chi connectivity index (χ0n) is 9.00. The van der Waals surface area contributed by atoms with E-state index >= 15 is 0 Å². The maximum Gasteiger partial charge on any atom is 0.315 e. The molecule has 0 saturated heterocycles. The zero-order chi connectivity index (χ0) is 11.4. The van der Waals surface area contributed by atoms with Gasteiger partial charge >= 0.3 is 6.03 Å². The summed E-state index contributed by atoms with van der Waals surface area (Å²) in [5, 5.41) is 5.32. The predicted molar refractivity (Wildman–Crippen MR) is 60.0 cm³/mol. The number of urea groups is 1. The molecule has 1 aromatic rings. The third-order valence-electron chi connectivity index (χ3n) is 2.82. The Kier molecular flexibility index (Phi) is 3.39. The van der Waals surface area contributed by atoms with E-state index in [4.69, 9.17) is 0 Å². The van der Waals surface area contributed by atoms with Crippen LogP contribution in [0.15, 0.2) is 24.3 Å². The molecule has 3 nitrogen and oxygen atoms in total. The van der Waals surface area contributed by atoms with Crippen LogP contribution < -0.4 is 10.6 Å². The van der Waals surface area contributed by atoms with Crippen molar-refractivity contribution < 1.29 is 9.18 Å². The van der Waals surface area contributed by atoms with Crippen LogP contribution in [0.3, 0.4) is 0 Å². The number of benzene rings is 1. The lowest BCUT2D eigenvalue weighted by Gasteiger charge is -2.14. The van der Waals surface area contributed by atoms with E-state index in [0.29, 0.717) is 0 Å². The highest BCUT2D eigenvalue weighted by Gasteiger charge is 2.22. The SMILES string of the molecule is O=C(NCCF)N[C@H]1CCc2ccccc21. The van der Waals surface area contributed by atoms with E-state index in [-0.39, 0.29) is 18.6 Å². The molecule has 0 spiro atoms. The van der Waals surface area contributed by atoms with Gasteiger partial charge < -0.3 is 10.6 Å². The average molecular weight is 222 g/mol. The Labute approximate surface area is 94.0 Å². The van der Waals surface area contributed by atoms with Crippen molar-refractivity contribution in [2.75, 3.05) is 13.2 Å². The Morgan fingerprint density at radius 3 is 3.06 bits per heavy atom. The standard InChI is InChI=1S/C12H15FN2O/c13-7-8-14-12(16)15-11-6-5-9-3-1-2-4-10(9)11/h1-4,11H,5-8H2,(H2,14,15,16)/t11-/m0/s1. The summed E-state index contributed by atoms with van der Waals surface area (Å²) in [5.74, 6) is 0. The summed E-state index contributed by atoms with van der Waals surface area (Å²) >= 11 is 0. The van der Waals surface area contributed by atoms with E-state index in [1.165, 1.54) is 11.1 Å². The van der Waals surface area contributed by atoms with Crippen molar-refractivity contribution in [2.24, 2.45) is 0 Å². The van der Waals surface area contributed by atoms with Gasteiger partial charge in [-0.05, 0) is 24.0 Å². The fraction of sp³-hybridized carbons (Fsp3) is 0.417. The van der Waals surface area contributed by atoms with Crippen molar-refractivity contribution in [3.05, 3.63) is 35.4 Å². The normalized spacial score (nSPS) is 17.9. The van der Waals surface area contributed by atoms with Crippen molar-refractivity contribution in [3.63, 3.8) is 0 Å². The Morgan fingerprint density at radius 1 is 1.44 bits per heavy atom. The van der Waals surface area contributed by atoms with E-state index in [2.05, 4.69) is 16.7 Å². The Hall–Kier alpha value is -1.58. The van der Waals surface area contributed by atoms with Crippen molar-refractivity contribution >= 4 is 6.03 Å². The summed E-state index contributed by atoms with van der Waals surface area (Å²) < 4.78 is 11.9. The summed E-state index contributed by atoms with van der Waals surface area (Å²) in [6.45, 7) is -0.463. The van der Waals surface area contributed by atoms with Gasteiger partial charge in [0.25, 0.3) is 0 Å². The molecule has 1 aliphatic carbocycles. The monoisotopic (exact) mass is 222 g/mol. The fourth-order valence-electron chi connectivity index (χ4n) is 2.08. The maximum atomic E-state index is 11.9. The van der Waals surface area contributed by atoms with Gasteiger partial charge in [-0.15, -0.1) is 0 Å². The number of hydrogen-bond donors (Lipinski definition) is 2. The molecule has 2 amide bonds. The number of nitrogens with one attached hydrogen (secondary N) is 2. The minimum absolute atomic E-state index is 0.0656. The fourth-order valence-corrected chi connectivity index (χ4v) is 2.08. The van der Waals surface area contributed by atoms with Gasteiger partial charge in [0.2, 0.25) is 0 Å². The molecule has 1 atom stereocenters. The first-order valence-electron chi connectivity index (χ1n) is 5.49. The lowest BCUT2D eigenvalue weighted by Crippen LogP contribution is -2.38. The van der Waals surface area contributed by atoms with Gasteiger partial charge in [0, 0.05) is 6.54 Å². The number of aryl methyl sites for hydroxylation is 1. The minimum atomic E-state index is -0.533. The van der Waals surface area contributed by atoms with Crippen LogP contribution in [-0.4, -0.2) is 19.3 Å². The van der Waals surface area contributed by atoms with Crippen LogP contribution in [0.4, 0.5) is 9.18 Å². The number of alkyl halides is 1. The second kappa shape index (κ2) is 4.96. The Balaban J connectivity index is 1.95. The number of rotatable bonds is 3. The molecule has 0 aliphatic heterocycles. The second-order valence-corrected chi connectivity index (χ2v) is 3.88. The van der Waals surface area contributed by atoms with E-state index in [1.54, 1.807) is 0 Å². The van der Waals surface area contributed by atoms with Gasteiger partial charge in [-0.1, -0.05) is 24.3 Å². The van der Waals surface area contributed by atoms with Crippen LogP contribution in [-0.2, 0) is 6.42 Å². The van der Waals surface area contributed by atoms with Gasteiger partial charge in [0.05, 0.1) is 6.04 Å². The molecule has 0 aromatic heterocycles. The quantitative estimate of drug-likeness (QED) is 0.806. The molecule has 0 radical (unpaired) electrons. The Bertz CT molecular complexity index is 381. The molecule has 0 fully saturated rings. The first kappa shape index (κ1) is 10.9. The summed E-state index contributed by atoms with van der Waals surface area (Å²) in [7, 11) is 0. The molecule has 1 aromatic carbocycles. The molecule has 16 heavy (non-hydrogen) atoms. The number of fused-ring (bicyclic) bond motifs is 1. The predicted octanol–water partition coefficient (Wildman–Crippen LogP) is 1.94. The van der Waals surface area contributed by atoms with Crippen LogP contribution in [0.2, 0.25) is 0 Å². The molecule has 86 valence electrons. The number of hydrogen-bond acceptors (Lipinski definition) is 1. The second-order valence-electron chi connectivity index (χ2n) is 3.88. The summed E-state index contributed by atoms with van der Waals surface area (Å²) in [6.07, 6.45) is 1.91. The zero-order valence-corrected chi connectivity index (χ0v) is 9.00. The number of halogens is 1. The summed E-state index contributed by atoms with van der Waals surface area (Å²) in [4.78, 5) is 11.4. The molecule has 0 saturated carbocycles. The van der Waals surface area contributed by atoms with E-state index < -0.39 is 6.67 Å². The Morgan fingerprint density at radius 2 is 2.25 bits per heavy atom. The molecule has 2 N–H and O–H groups in total. The first-order valence-corrected chi connectivity index (χ1v) is 5.49. The highest BCUT2D eigenvalue weighted by atomic mass is 19.1. The van der Waals surface area contributed by atoms with E-state index in [0.717, 1.165) is 12.8 Å². The molecule has 0 unspecified atom stereocenters. The lowest BCUT2D eigenvalue weighted by molar-refractivity contribution is 0.236. The van der Waals surface area contributed by atoms with Crippen molar-refractivity contribution in [1.82, 2.24) is 10.6 Å². The van der Waals surface area contributed by atoms with Gasteiger partial charge in [-0.3, -0.25) is 0 Å². The van der Waals surface area contributed by atoms with Crippen molar-refractivity contribution in [3.8, 4) is 0 Å². The van der Waals surface area contributed by atoms with Crippen LogP contribution in [0.1, 0.15) is 23.6 Å². The highest BCUT2D eigenvalue weighted by molar-refractivity contribution is 5.74. The molecular formula is C12H15FN2O. The molecule has 0 heterocycles. The van der Waals surface area contributed by atoms with Gasteiger partial charge in [-0.25, -0.2) is 9.18 Å². The molecular weight excluding hydrogens is 207 g/mol. The molecule has 4 heteroatoms. The first-order chi connectivity index (χ1) is 7.81. The van der Waals surface area contributed by atoms with E-state index in [9.17, 15) is 9.18 Å². The molecule has 1 aliphatic rings. The summed E-state index contributed by atoms with van der Waals surface area (Å²) in [5.41, 5.74) is 2.47. The van der Waals surface area contributed by atoms with Crippen molar-refractivity contribution in [2.45, 2.75) is 18.9 Å². The maximum absolute atomic E-state index is 11.9.